The first kappa shape index (κ1) is 17.5. The maximum atomic E-state index is 13.4. The molecule has 6 heteroatoms. The maximum absolute atomic E-state index is 13.4. The summed E-state index contributed by atoms with van der Waals surface area (Å²) in [5.74, 6) is -0.806. The van der Waals surface area contributed by atoms with Gasteiger partial charge in [-0.3, -0.25) is 9.59 Å². The molecule has 1 aromatic carbocycles. The van der Waals surface area contributed by atoms with Gasteiger partial charge >= 0.3 is 5.97 Å². The van der Waals surface area contributed by atoms with E-state index < -0.39 is 17.6 Å². The van der Waals surface area contributed by atoms with Crippen molar-refractivity contribution < 1.29 is 19.1 Å². The molecule has 0 radical (unpaired) electrons. The molecule has 3 atom stereocenters. The highest BCUT2D eigenvalue weighted by Crippen LogP contribution is 2.45. The van der Waals surface area contributed by atoms with Gasteiger partial charge in [-0.2, -0.15) is 0 Å². The molecule has 2 fully saturated rings. The summed E-state index contributed by atoms with van der Waals surface area (Å²) in [4.78, 5) is 39.1. The van der Waals surface area contributed by atoms with Gasteiger partial charge in [-0.05, 0) is 30.7 Å². The number of carbonyl (C=O) groups is 3. The van der Waals surface area contributed by atoms with E-state index in [0.29, 0.717) is 19.4 Å². The molecule has 2 aliphatic rings. The first-order valence-corrected chi connectivity index (χ1v) is 8.69. The van der Waals surface area contributed by atoms with Crippen molar-refractivity contribution >= 4 is 17.8 Å². The van der Waals surface area contributed by atoms with E-state index >= 15 is 0 Å². The number of hydrogen-bond donors (Lipinski definition) is 1. The first-order valence-electron chi connectivity index (χ1n) is 8.69. The third kappa shape index (κ3) is 3.13. The second kappa shape index (κ2) is 6.86. The molecule has 1 aliphatic heterocycles. The summed E-state index contributed by atoms with van der Waals surface area (Å²) >= 11 is 0. The van der Waals surface area contributed by atoms with Crippen molar-refractivity contribution in [3.8, 4) is 0 Å². The summed E-state index contributed by atoms with van der Waals surface area (Å²) in [7, 11) is 1.35. The average molecular weight is 344 g/mol. The summed E-state index contributed by atoms with van der Waals surface area (Å²) in [5.41, 5.74) is 0.0599. The van der Waals surface area contributed by atoms with E-state index in [1.54, 1.807) is 4.90 Å². The van der Waals surface area contributed by atoms with Crippen molar-refractivity contribution in [2.24, 2.45) is 5.92 Å². The fourth-order valence-electron chi connectivity index (χ4n) is 4.33. The second-order valence-corrected chi connectivity index (χ2v) is 6.94. The van der Waals surface area contributed by atoms with Gasteiger partial charge in [0.2, 0.25) is 11.8 Å². The van der Waals surface area contributed by atoms with E-state index in [1.807, 2.05) is 30.3 Å². The Morgan fingerprint density at radius 2 is 2.04 bits per heavy atom. The summed E-state index contributed by atoms with van der Waals surface area (Å²) in [6, 6.07) is 8.95. The number of ether oxygens (including phenoxy) is 1. The molecule has 0 unspecified atom stereocenters. The minimum atomic E-state index is -0.884. The lowest BCUT2D eigenvalue weighted by Gasteiger charge is -2.47. The molecule has 2 amide bonds. The number of piperidine rings is 1. The largest absolute Gasteiger partial charge is 0.467 e. The van der Waals surface area contributed by atoms with Crippen LogP contribution in [0.2, 0.25) is 0 Å². The van der Waals surface area contributed by atoms with Crippen LogP contribution < -0.4 is 5.32 Å². The number of nitrogens with zero attached hydrogens (tertiary/aromatic N) is 1. The maximum Gasteiger partial charge on any atom is 0.328 e. The molecule has 0 aromatic heterocycles. The predicted octanol–water partition coefficient (Wildman–Crippen LogP) is 1.64. The monoisotopic (exact) mass is 344 g/mol. The highest BCUT2D eigenvalue weighted by molar-refractivity contribution is 5.95. The van der Waals surface area contributed by atoms with Crippen LogP contribution in [0.3, 0.4) is 0 Å². The molecule has 1 aliphatic carbocycles. The van der Waals surface area contributed by atoms with Crippen molar-refractivity contribution in [3.05, 3.63) is 35.9 Å². The highest BCUT2D eigenvalue weighted by atomic mass is 16.5. The Labute approximate surface area is 147 Å². The van der Waals surface area contributed by atoms with Crippen molar-refractivity contribution in [1.29, 1.82) is 0 Å². The number of hydrogen-bond acceptors (Lipinski definition) is 4. The zero-order valence-electron chi connectivity index (χ0n) is 14.7. The molecule has 0 spiro atoms. The van der Waals surface area contributed by atoms with Crippen molar-refractivity contribution in [3.63, 3.8) is 0 Å². The van der Waals surface area contributed by atoms with Crippen LogP contribution in [-0.4, -0.2) is 41.4 Å². The zero-order valence-corrected chi connectivity index (χ0v) is 14.7. The number of likely N-dealkylation sites (tertiary alicyclic amines) is 1. The van der Waals surface area contributed by atoms with Gasteiger partial charge in [-0.25, -0.2) is 4.79 Å². The number of benzene rings is 1. The molecular formula is C19H24N2O4. The molecule has 6 nitrogen and oxygen atoms in total. The molecule has 134 valence electrons. The Hall–Kier alpha value is -2.37. The average Bonchev–Trinajstić information content (AvgIpc) is 3.00. The van der Waals surface area contributed by atoms with E-state index in [0.717, 1.165) is 18.4 Å². The minimum Gasteiger partial charge on any atom is -0.467 e. The quantitative estimate of drug-likeness (QED) is 0.843. The smallest absolute Gasteiger partial charge is 0.328 e. The van der Waals surface area contributed by atoms with Gasteiger partial charge in [0.05, 0.1) is 7.11 Å². The topological polar surface area (TPSA) is 75.7 Å². The Morgan fingerprint density at radius 1 is 1.32 bits per heavy atom. The molecule has 1 saturated heterocycles. The summed E-state index contributed by atoms with van der Waals surface area (Å²) in [6.07, 6.45) is 2.84. The normalized spacial score (nSPS) is 28.4. The SMILES string of the molecule is COC(=O)[C@H]1C[C@H]2CCC[C@]2(NC(C)=O)C(=O)N1Cc1ccccc1. The van der Waals surface area contributed by atoms with Gasteiger partial charge in [0.15, 0.2) is 0 Å². The lowest BCUT2D eigenvalue weighted by Crippen LogP contribution is -2.68. The van der Waals surface area contributed by atoms with Crippen LogP contribution in [-0.2, 0) is 25.7 Å². The lowest BCUT2D eigenvalue weighted by molar-refractivity contribution is -0.164. The number of amides is 2. The number of methoxy groups -OCH3 is 1. The van der Waals surface area contributed by atoms with Gasteiger partial charge in [-0.1, -0.05) is 36.8 Å². The minimum absolute atomic E-state index is 0.0278. The van der Waals surface area contributed by atoms with E-state index in [4.69, 9.17) is 4.74 Å². The predicted molar refractivity (Wildman–Crippen MR) is 91.3 cm³/mol. The number of fused-ring (bicyclic) bond motifs is 1. The number of carbonyl (C=O) groups excluding carboxylic acids is 3. The fourth-order valence-corrected chi connectivity index (χ4v) is 4.33. The third-order valence-corrected chi connectivity index (χ3v) is 5.42. The Kier molecular flexibility index (Phi) is 4.79. The van der Waals surface area contributed by atoms with E-state index in [1.165, 1.54) is 14.0 Å². The van der Waals surface area contributed by atoms with Gasteiger partial charge in [-0.15, -0.1) is 0 Å². The van der Waals surface area contributed by atoms with Crippen LogP contribution in [0.5, 0.6) is 0 Å². The van der Waals surface area contributed by atoms with Gasteiger partial charge in [0, 0.05) is 13.5 Å². The third-order valence-electron chi connectivity index (χ3n) is 5.42. The second-order valence-electron chi connectivity index (χ2n) is 6.94. The molecule has 1 saturated carbocycles. The van der Waals surface area contributed by atoms with Crippen LogP contribution in [0.1, 0.15) is 38.2 Å². The summed E-state index contributed by atoms with van der Waals surface area (Å²) in [5, 5.41) is 2.92. The first-order chi connectivity index (χ1) is 12.0. The van der Waals surface area contributed by atoms with Crippen molar-refractivity contribution in [2.45, 2.75) is 50.7 Å². The Bertz CT molecular complexity index is 675. The fraction of sp³-hybridized carbons (Fsp3) is 0.526. The molecule has 0 bridgehead atoms. The number of esters is 1. The summed E-state index contributed by atoms with van der Waals surface area (Å²) < 4.78 is 4.95. The molecule has 1 aromatic rings. The van der Waals surface area contributed by atoms with E-state index in [9.17, 15) is 14.4 Å². The molecule has 25 heavy (non-hydrogen) atoms. The molecule has 1 N–H and O–H groups in total. The standard InChI is InChI=1S/C19H24N2O4/c1-13(22)20-19-10-6-9-15(19)11-16(17(23)25-2)21(18(19)24)12-14-7-4-3-5-8-14/h3-5,7-8,15-16H,6,9-12H2,1-2H3,(H,20,22)/t15-,16-,19-/m1/s1. The van der Waals surface area contributed by atoms with Crippen LogP contribution in [0.4, 0.5) is 0 Å². The lowest BCUT2D eigenvalue weighted by atomic mass is 9.76. The van der Waals surface area contributed by atoms with E-state index in [2.05, 4.69) is 5.32 Å². The van der Waals surface area contributed by atoms with Crippen molar-refractivity contribution in [1.82, 2.24) is 10.2 Å². The van der Waals surface area contributed by atoms with Gasteiger partial charge in [0.1, 0.15) is 11.6 Å². The van der Waals surface area contributed by atoms with Crippen LogP contribution in [0.15, 0.2) is 30.3 Å². The van der Waals surface area contributed by atoms with Crippen LogP contribution in [0.25, 0.3) is 0 Å². The van der Waals surface area contributed by atoms with E-state index in [-0.39, 0.29) is 17.7 Å². The summed E-state index contributed by atoms with van der Waals surface area (Å²) in [6.45, 7) is 1.76. The number of rotatable bonds is 4. The Balaban J connectivity index is 1.96. The van der Waals surface area contributed by atoms with Gasteiger partial charge < -0.3 is 15.0 Å². The molecule has 1 heterocycles. The zero-order chi connectivity index (χ0) is 18.0. The molecular weight excluding hydrogens is 320 g/mol. The highest BCUT2D eigenvalue weighted by Gasteiger charge is 2.57. The Morgan fingerprint density at radius 3 is 2.68 bits per heavy atom. The van der Waals surface area contributed by atoms with Crippen LogP contribution >= 0.6 is 0 Å². The molecule has 3 rings (SSSR count). The van der Waals surface area contributed by atoms with Gasteiger partial charge in [0.25, 0.3) is 0 Å². The van der Waals surface area contributed by atoms with Crippen LogP contribution in [0, 0.1) is 5.92 Å². The number of nitrogens with one attached hydrogen (secondary N) is 1. The van der Waals surface area contributed by atoms with Crippen molar-refractivity contribution in [2.75, 3.05) is 7.11 Å².